The maximum atomic E-state index is 12.7. The van der Waals surface area contributed by atoms with Gasteiger partial charge in [0.1, 0.15) is 13.2 Å². The van der Waals surface area contributed by atoms with E-state index in [2.05, 4.69) is 0 Å². The van der Waals surface area contributed by atoms with Crippen LogP contribution in [0, 0.1) is 0 Å². The Hall–Kier alpha value is -2.56. The fourth-order valence-electron chi connectivity index (χ4n) is 2.50. The lowest BCUT2D eigenvalue weighted by atomic mass is 9.98. The lowest BCUT2D eigenvalue weighted by Gasteiger charge is -2.26. The van der Waals surface area contributed by atoms with Crippen molar-refractivity contribution >= 4 is 20.6 Å². The molecule has 0 N–H and O–H groups in total. The molecular formula is C20H21O6P. The summed E-state index contributed by atoms with van der Waals surface area (Å²) in [6, 6.07) is 18.1. The van der Waals surface area contributed by atoms with Crippen molar-refractivity contribution < 1.29 is 28.2 Å². The van der Waals surface area contributed by atoms with Crippen molar-refractivity contribution in [2.75, 3.05) is 0 Å². The van der Waals surface area contributed by atoms with Crippen LogP contribution in [-0.4, -0.2) is 17.5 Å². The van der Waals surface area contributed by atoms with Gasteiger partial charge in [-0.25, -0.2) is 14.2 Å². The second-order valence-corrected chi connectivity index (χ2v) is 6.20. The number of hydrogen-bond acceptors (Lipinski definition) is 6. The molecule has 0 aliphatic rings. The molecule has 0 amide bonds. The summed E-state index contributed by atoms with van der Waals surface area (Å²) in [5, 5.41) is 0. The number of benzene rings is 2. The number of esters is 2. The van der Waals surface area contributed by atoms with Crippen molar-refractivity contribution in [1.82, 2.24) is 0 Å². The second kappa shape index (κ2) is 10.6. The minimum absolute atomic E-state index is 0.0104. The van der Waals surface area contributed by atoms with Crippen LogP contribution in [0.4, 0.5) is 0 Å². The third-order valence-corrected chi connectivity index (χ3v) is 4.27. The maximum absolute atomic E-state index is 12.7. The summed E-state index contributed by atoms with van der Waals surface area (Å²) in [5.41, 5.74) is -0.552. The summed E-state index contributed by atoms with van der Waals surface area (Å²) < 4.78 is 26.7. The smallest absolute Gasteiger partial charge is 0.351 e. The van der Waals surface area contributed by atoms with Gasteiger partial charge in [0, 0.05) is 0 Å². The number of ether oxygens (including phenoxy) is 2. The Balaban J connectivity index is 2.12. The average Bonchev–Trinajstić information content (AvgIpc) is 2.71. The largest absolute Gasteiger partial charge is 0.458 e. The Morgan fingerprint density at radius 2 is 1.30 bits per heavy atom. The van der Waals surface area contributed by atoms with Gasteiger partial charge in [-0.1, -0.05) is 74.0 Å². The molecule has 0 spiro atoms. The molecule has 0 aliphatic heterocycles. The Morgan fingerprint density at radius 3 is 1.67 bits per heavy atom. The van der Waals surface area contributed by atoms with Gasteiger partial charge in [0.05, 0.1) is 0 Å². The van der Waals surface area contributed by atoms with E-state index in [0.29, 0.717) is 6.42 Å². The van der Waals surface area contributed by atoms with E-state index in [0.717, 1.165) is 11.1 Å². The molecule has 0 aromatic heterocycles. The molecule has 2 aromatic rings. The first-order chi connectivity index (χ1) is 13.1. The number of hydrogen-bond donors (Lipinski definition) is 0. The van der Waals surface area contributed by atoms with Crippen molar-refractivity contribution in [2.45, 2.75) is 38.6 Å². The first-order valence-corrected chi connectivity index (χ1v) is 9.28. The van der Waals surface area contributed by atoms with E-state index in [1.165, 1.54) is 0 Å². The Kier molecular flexibility index (Phi) is 8.11. The van der Waals surface area contributed by atoms with Gasteiger partial charge in [0.15, 0.2) is 0 Å². The van der Waals surface area contributed by atoms with Crippen molar-refractivity contribution in [3.8, 4) is 0 Å². The molecule has 0 heterocycles. The van der Waals surface area contributed by atoms with Crippen molar-refractivity contribution in [1.29, 1.82) is 0 Å². The molecule has 0 atom stereocenters. The third kappa shape index (κ3) is 5.71. The predicted octanol–water partition coefficient (Wildman–Crippen LogP) is 4.24. The van der Waals surface area contributed by atoms with Gasteiger partial charge in [0.2, 0.25) is 0 Å². The van der Waals surface area contributed by atoms with Gasteiger partial charge in [0.25, 0.3) is 5.60 Å². The number of carbonyl (C=O) groups is 2. The Bertz CT molecular complexity index is 692. The molecule has 0 radical (unpaired) electrons. The minimum Gasteiger partial charge on any atom is -0.458 e. The first kappa shape index (κ1) is 20.7. The van der Waals surface area contributed by atoms with Gasteiger partial charge < -0.3 is 9.47 Å². The van der Waals surface area contributed by atoms with Crippen molar-refractivity contribution in [2.24, 2.45) is 0 Å². The van der Waals surface area contributed by atoms with Gasteiger partial charge in [-0.05, 0) is 17.5 Å². The maximum Gasteiger partial charge on any atom is 0.351 e. The van der Waals surface area contributed by atoms with E-state index in [-0.39, 0.29) is 19.6 Å². The van der Waals surface area contributed by atoms with Gasteiger partial charge in [-0.2, -0.15) is 0 Å². The summed E-state index contributed by atoms with van der Waals surface area (Å²) in [6.45, 7) is 1.71. The zero-order chi connectivity index (χ0) is 19.5. The van der Waals surface area contributed by atoms with Gasteiger partial charge in [-0.3, -0.25) is 4.52 Å². The second-order valence-electron chi connectivity index (χ2n) is 5.87. The van der Waals surface area contributed by atoms with E-state index < -0.39 is 26.2 Å². The van der Waals surface area contributed by atoms with Crippen LogP contribution >= 0.6 is 8.69 Å². The Labute approximate surface area is 159 Å². The quantitative estimate of drug-likeness (QED) is 0.344. The summed E-state index contributed by atoms with van der Waals surface area (Å²) in [7, 11) is -0.804. The Morgan fingerprint density at radius 1 is 0.852 bits per heavy atom. The molecule has 0 saturated heterocycles. The topological polar surface area (TPSA) is 78.9 Å². The van der Waals surface area contributed by atoms with Crippen LogP contribution in [0.5, 0.6) is 0 Å². The fourth-order valence-corrected chi connectivity index (χ4v) is 2.87. The highest BCUT2D eigenvalue weighted by Crippen LogP contribution is 2.28. The van der Waals surface area contributed by atoms with Crippen LogP contribution in [-0.2, 0) is 41.4 Å². The fraction of sp³-hybridized carbons (Fsp3) is 0.300. The van der Waals surface area contributed by atoms with E-state index in [9.17, 15) is 14.2 Å². The van der Waals surface area contributed by atoms with Crippen LogP contribution < -0.4 is 0 Å². The molecule has 2 rings (SSSR count). The van der Waals surface area contributed by atoms with E-state index in [1.807, 2.05) is 36.4 Å². The lowest BCUT2D eigenvalue weighted by molar-refractivity contribution is -0.182. The zero-order valence-electron chi connectivity index (χ0n) is 15.0. The molecule has 0 aliphatic carbocycles. The van der Waals surface area contributed by atoms with Crippen LogP contribution in [0.2, 0.25) is 0 Å². The van der Waals surface area contributed by atoms with E-state index in [4.69, 9.17) is 14.0 Å². The van der Waals surface area contributed by atoms with Crippen molar-refractivity contribution in [3.63, 3.8) is 0 Å². The number of rotatable bonds is 10. The zero-order valence-corrected chi connectivity index (χ0v) is 15.9. The third-order valence-electron chi connectivity index (χ3n) is 3.88. The minimum atomic E-state index is -2.07. The molecule has 7 heteroatoms. The molecule has 6 nitrogen and oxygen atoms in total. The van der Waals surface area contributed by atoms with E-state index in [1.54, 1.807) is 31.2 Å². The van der Waals surface area contributed by atoms with Crippen LogP contribution in [0.1, 0.15) is 30.9 Å². The molecule has 0 saturated carbocycles. The molecule has 0 unspecified atom stereocenters. The monoisotopic (exact) mass is 388 g/mol. The molecule has 0 bridgehead atoms. The highest BCUT2D eigenvalue weighted by Gasteiger charge is 2.51. The van der Waals surface area contributed by atoms with Crippen LogP contribution in [0.25, 0.3) is 0 Å². The molecular weight excluding hydrogens is 367 g/mol. The van der Waals surface area contributed by atoms with Gasteiger partial charge >= 0.3 is 20.6 Å². The number of carbonyl (C=O) groups excluding carboxylic acids is 2. The normalized spacial score (nSPS) is 11.1. The predicted molar refractivity (Wildman–Crippen MR) is 98.8 cm³/mol. The highest BCUT2D eigenvalue weighted by atomic mass is 31.1. The molecule has 27 heavy (non-hydrogen) atoms. The summed E-state index contributed by atoms with van der Waals surface area (Å²) in [5.74, 6) is -1.84. The summed E-state index contributed by atoms with van der Waals surface area (Å²) in [4.78, 5) is 25.4. The molecule has 142 valence electrons. The van der Waals surface area contributed by atoms with Crippen LogP contribution in [0.3, 0.4) is 0 Å². The van der Waals surface area contributed by atoms with Crippen LogP contribution in [0.15, 0.2) is 60.7 Å². The van der Waals surface area contributed by atoms with Gasteiger partial charge in [-0.15, -0.1) is 0 Å². The molecule has 0 fully saturated rings. The SMILES string of the molecule is CCCC(OP=O)(C(=O)OCc1ccccc1)C(=O)OCc1ccccc1. The highest BCUT2D eigenvalue weighted by molar-refractivity contribution is 7.17. The standard InChI is InChI=1S/C20H21O6P/c1-2-13-20(26-27-23,18(21)24-14-16-9-5-3-6-10-16)19(22)25-15-17-11-7-4-8-12-17/h3-12H,2,13-15H2,1H3. The summed E-state index contributed by atoms with van der Waals surface area (Å²) in [6.07, 6.45) is 0.417. The summed E-state index contributed by atoms with van der Waals surface area (Å²) >= 11 is 0. The van der Waals surface area contributed by atoms with E-state index >= 15 is 0 Å². The lowest BCUT2D eigenvalue weighted by Crippen LogP contribution is -2.49. The first-order valence-electron chi connectivity index (χ1n) is 8.55. The van der Waals surface area contributed by atoms with Crippen molar-refractivity contribution in [3.05, 3.63) is 71.8 Å². The average molecular weight is 388 g/mol. The molecule has 2 aromatic carbocycles.